The second-order valence-electron chi connectivity index (χ2n) is 4.88. The van der Waals surface area contributed by atoms with Gasteiger partial charge in [-0.1, -0.05) is 6.07 Å². The van der Waals surface area contributed by atoms with E-state index in [-0.39, 0.29) is 18.0 Å². The summed E-state index contributed by atoms with van der Waals surface area (Å²) in [7, 11) is 0. The zero-order valence-corrected chi connectivity index (χ0v) is 12.9. The number of nitrogens with zero attached hydrogens (tertiary/aromatic N) is 1. The van der Waals surface area contributed by atoms with Gasteiger partial charge in [0.25, 0.3) is 0 Å². The fraction of sp³-hybridized carbons (Fsp3) is 0.333. The maximum absolute atomic E-state index is 12.6. The lowest BCUT2D eigenvalue weighted by Gasteiger charge is -2.09. The first kappa shape index (κ1) is 16.5. The molecule has 22 heavy (non-hydrogen) atoms. The minimum Gasteiger partial charge on any atom is -0.326 e. The summed E-state index contributed by atoms with van der Waals surface area (Å²) in [6, 6.07) is 4.60. The molecule has 0 fully saturated rings. The van der Waals surface area contributed by atoms with E-state index in [1.807, 2.05) is 13.8 Å². The lowest BCUT2D eigenvalue weighted by atomic mass is 10.2. The molecule has 2 aromatic rings. The second kappa shape index (κ2) is 6.48. The van der Waals surface area contributed by atoms with Crippen molar-refractivity contribution in [2.45, 2.75) is 32.9 Å². The lowest BCUT2D eigenvalue weighted by Crippen LogP contribution is -2.13. The van der Waals surface area contributed by atoms with Crippen LogP contribution in [0.2, 0.25) is 0 Å². The molecule has 7 heteroatoms. The van der Waals surface area contributed by atoms with Gasteiger partial charge in [-0.2, -0.15) is 13.2 Å². The van der Waals surface area contributed by atoms with Gasteiger partial charge in [-0.15, -0.1) is 11.3 Å². The second-order valence-corrected chi connectivity index (χ2v) is 6.16. The zero-order valence-electron chi connectivity index (χ0n) is 12.1. The van der Waals surface area contributed by atoms with Crippen molar-refractivity contribution >= 4 is 22.9 Å². The summed E-state index contributed by atoms with van der Waals surface area (Å²) in [5.74, 6) is -0.329. The first-order chi connectivity index (χ1) is 10.3. The number of rotatable bonds is 4. The minimum absolute atomic E-state index is 0.145. The van der Waals surface area contributed by atoms with Crippen LogP contribution in [0.15, 0.2) is 24.3 Å². The Balaban J connectivity index is 1.94. The lowest BCUT2D eigenvalue weighted by molar-refractivity contribution is -0.137. The molecule has 0 spiro atoms. The molecule has 0 aliphatic rings. The standard InChI is InChI=1S/C15H15F3N2OS/c1-9-10(2)22-14(19-9)7-6-13(21)20-12-5-3-4-11(8-12)15(16,17)18/h3-5,8H,6-7H2,1-2H3,(H,20,21). The number of carbonyl (C=O) groups excluding carboxylic acids is 1. The van der Waals surface area contributed by atoms with E-state index in [0.717, 1.165) is 27.7 Å². The Morgan fingerprint density at radius 2 is 2.05 bits per heavy atom. The van der Waals surface area contributed by atoms with Gasteiger partial charge >= 0.3 is 6.18 Å². The summed E-state index contributed by atoms with van der Waals surface area (Å²) in [6.45, 7) is 3.86. The zero-order chi connectivity index (χ0) is 16.3. The van der Waals surface area contributed by atoms with Crippen LogP contribution in [-0.2, 0) is 17.4 Å². The third-order valence-corrected chi connectivity index (χ3v) is 4.25. The van der Waals surface area contributed by atoms with Gasteiger partial charge in [-0.25, -0.2) is 4.98 Å². The minimum atomic E-state index is -4.42. The largest absolute Gasteiger partial charge is 0.416 e. The van der Waals surface area contributed by atoms with Crippen LogP contribution in [0.3, 0.4) is 0 Å². The van der Waals surface area contributed by atoms with E-state index < -0.39 is 11.7 Å². The van der Waals surface area contributed by atoms with Crippen molar-refractivity contribution in [3.63, 3.8) is 0 Å². The third kappa shape index (κ3) is 4.30. The Morgan fingerprint density at radius 3 is 2.64 bits per heavy atom. The van der Waals surface area contributed by atoms with Crippen LogP contribution in [0.4, 0.5) is 18.9 Å². The predicted molar refractivity (Wildman–Crippen MR) is 80.0 cm³/mol. The van der Waals surface area contributed by atoms with E-state index in [9.17, 15) is 18.0 Å². The van der Waals surface area contributed by atoms with Crippen molar-refractivity contribution in [2.75, 3.05) is 5.32 Å². The summed E-state index contributed by atoms with van der Waals surface area (Å²) in [6.07, 6.45) is -3.76. The third-order valence-electron chi connectivity index (χ3n) is 3.11. The van der Waals surface area contributed by atoms with Crippen LogP contribution < -0.4 is 5.32 Å². The number of carbonyl (C=O) groups is 1. The van der Waals surface area contributed by atoms with Crippen molar-refractivity contribution in [3.8, 4) is 0 Å². The molecule has 1 heterocycles. The van der Waals surface area contributed by atoms with Gasteiger partial charge in [0, 0.05) is 23.4 Å². The fourth-order valence-electron chi connectivity index (χ4n) is 1.86. The summed E-state index contributed by atoms with van der Waals surface area (Å²) in [5, 5.41) is 3.34. The molecule has 1 aromatic carbocycles. The van der Waals surface area contributed by atoms with Crippen LogP contribution >= 0.6 is 11.3 Å². The van der Waals surface area contributed by atoms with E-state index in [4.69, 9.17) is 0 Å². The Labute approximate surface area is 130 Å². The summed E-state index contributed by atoms with van der Waals surface area (Å²) in [4.78, 5) is 17.3. The van der Waals surface area contributed by atoms with E-state index in [1.165, 1.54) is 23.5 Å². The number of nitrogens with one attached hydrogen (secondary N) is 1. The highest BCUT2D eigenvalue weighted by molar-refractivity contribution is 7.11. The number of hydrogen-bond acceptors (Lipinski definition) is 3. The van der Waals surface area contributed by atoms with Crippen molar-refractivity contribution < 1.29 is 18.0 Å². The van der Waals surface area contributed by atoms with Crippen LogP contribution in [0.1, 0.15) is 27.6 Å². The molecule has 118 valence electrons. The molecule has 1 amide bonds. The van der Waals surface area contributed by atoms with E-state index in [1.54, 1.807) is 0 Å². The molecular weight excluding hydrogens is 313 g/mol. The van der Waals surface area contributed by atoms with Crippen LogP contribution in [0, 0.1) is 13.8 Å². The highest BCUT2D eigenvalue weighted by atomic mass is 32.1. The number of alkyl halides is 3. The van der Waals surface area contributed by atoms with Crippen LogP contribution in [0.5, 0.6) is 0 Å². The van der Waals surface area contributed by atoms with E-state index in [2.05, 4.69) is 10.3 Å². The number of aromatic nitrogens is 1. The van der Waals surface area contributed by atoms with Gasteiger partial charge in [0.2, 0.25) is 5.91 Å². The Kier molecular flexibility index (Phi) is 4.85. The Hall–Kier alpha value is -1.89. The predicted octanol–water partition coefficient (Wildman–Crippen LogP) is 4.35. The van der Waals surface area contributed by atoms with Crippen LogP contribution in [-0.4, -0.2) is 10.9 Å². The normalized spacial score (nSPS) is 11.5. The maximum atomic E-state index is 12.6. The van der Waals surface area contributed by atoms with Gasteiger partial charge in [-0.05, 0) is 32.0 Å². The Bertz CT molecular complexity index is 660. The number of anilines is 1. The monoisotopic (exact) mass is 328 g/mol. The van der Waals surface area contributed by atoms with Gasteiger partial charge in [0.05, 0.1) is 16.3 Å². The molecule has 0 radical (unpaired) electrons. The number of hydrogen-bond donors (Lipinski definition) is 1. The summed E-state index contributed by atoms with van der Waals surface area (Å²) in [5.41, 5.74) is 0.307. The average Bonchev–Trinajstić information content (AvgIpc) is 2.75. The van der Waals surface area contributed by atoms with Gasteiger partial charge in [0.1, 0.15) is 0 Å². The average molecular weight is 328 g/mol. The molecule has 2 rings (SSSR count). The molecule has 0 saturated carbocycles. The number of benzene rings is 1. The molecule has 1 aromatic heterocycles. The van der Waals surface area contributed by atoms with E-state index >= 15 is 0 Å². The molecule has 3 nitrogen and oxygen atoms in total. The molecule has 1 N–H and O–H groups in total. The van der Waals surface area contributed by atoms with E-state index in [0.29, 0.717) is 6.42 Å². The SMILES string of the molecule is Cc1nc(CCC(=O)Nc2cccc(C(F)(F)F)c2)sc1C. The first-order valence-electron chi connectivity index (χ1n) is 6.66. The number of aryl methyl sites for hydroxylation is 3. The summed E-state index contributed by atoms with van der Waals surface area (Å²) < 4.78 is 37.8. The Morgan fingerprint density at radius 1 is 1.32 bits per heavy atom. The molecule has 0 bridgehead atoms. The van der Waals surface area contributed by atoms with Gasteiger partial charge in [-0.3, -0.25) is 4.79 Å². The van der Waals surface area contributed by atoms with Crippen molar-refractivity contribution in [2.24, 2.45) is 0 Å². The van der Waals surface area contributed by atoms with Gasteiger partial charge in [0.15, 0.2) is 0 Å². The highest BCUT2D eigenvalue weighted by Gasteiger charge is 2.30. The molecule has 0 aliphatic heterocycles. The summed E-state index contributed by atoms with van der Waals surface area (Å²) >= 11 is 1.53. The topological polar surface area (TPSA) is 42.0 Å². The molecular formula is C15H15F3N2OS. The van der Waals surface area contributed by atoms with Gasteiger partial charge < -0.3 is 5.32 Å². The fourth-order valence-corrected chi connectivity index (χ4v) is 2.80. The smallest absolute Gasteiger partial charge is 0.326 e. The first-order valence-corrected chi connectivity index (χ1v) is 7.47. The number of thiazole rings is 1. The molecule has 0 atom stereocenters. The number of halogens is 3. The van der Waals surface area contributed by atoms with Crippen molar-refractivity contribution in [1.82, 2.24) is 4.98 Å². The quantitative estimate of drug-likeness (QED) is 0.906. The van der Waals surface area contributed by atoms with Crippen molar-refractivity contribution in [3.05, 3.63) is 45.4 Å². The highest BCUT2D eigenvalue weighted by Crippen LogP contribution is 2.30. The van der Waals surface area contributed by atoms with Crippen molar-refractivity contribution in [1.29, 1.82) is 0 Å². The maximum Gasteiger partial charge on any atom is 0.416 e. The van der Waals surface area contributed by atoms with Crippen LogP contribution in [0.25, 0.3) is 0 Å². The molecule has 0 aliphatic carbocycles. The molecule has 0 saturated heterocycles. The molecule has 0 unspecified atom stereocenters. The number of amides is 1.